The van der Waals surface area contributed by atoms with Gasteiger partial charge in [-0.3, -0.25) is 0 Å². The standard InChI is InChI=1S/C11H11F6NO.ClH/c12-10(13,14)6-1-2-7(9(18)3-4-19)8(5-6)11(15,16)17;/h1-2,5,9,19H,3-4,18H2;1H/t9-;/m0./s1. The van der Waals surface area contributed by atoms with Crippen molar-refractivity contribution in [2.24, 2.45) is 5.73 Å². The van der Waals surface area contributed by atoms with Crippen LogP contribution in [0.2, 0.25) is 0 Å². The summed E-state index contributed by atoms with van der Waals surface area (Å²) in [6.07, 6.45) is -9.97. The Kier molecular flexibility index (Phi) is 6.31. The van der Waals surface area contributed by atoms with Crippen LogP contribution in [0, 0.1) is 0 Å². The molecule has 0 aromatic heterocycles. The van der Waals surface area contributed by atoms with Gasteiger partial charge in [0.15, 0.2) is 0 Å². The van der Waals surface area contributed by atoms with Gasteiger partial charge in [-0.15, -0.1) is 12.4 Å². The van der Waals surface area contributed by atoms with Crippen LogP contribution in [0.5, 0.6) is 0 Å². The first-order chi connectivity index (χ1) is 8.57. The van der Waals surface area contributed by atoms with Gasteiger partial charge in [-0.05, 0) is 24.1 Å². The topological polar surface area (TPSA) is 46.2 Å². The Morgan fingerprint density at radius 2 is 1.60 bits per heavy atom. The molecule has 0 aliphatic heterocycles. The summed E-state index contributed by atoms with van der Waals surface area (Å²) < 4.78 is 75.4. The van der Waals surface area contributed by atoms with Gasteiger partial charge in [0.25, 0.3) is 0 Å². The summed E-state index contributed by atoms with van der Waals surface area (Å²) in [7, 11) is 0. The molecule has 0 saturated carbocycles. The molecule has 0 fully saturated rings. The predicted molar refractivity (Wildman–Crippen MR) is 62.3 cm³/mol. The second kappa shape index (κ2) is 6.64. The smallest absolute Gasteiger partial charge is 0.396 e. The van der Waals surface area contributed by atoms with E-state index in [9.17, 15) is 26.3 Å². The van der Waals surface area contributed by atoms with Crippen molar-refractivity contribution in [2.75, 3.05) is 6.61 Å². The highest BCUT2D eigenvalue weighted by atomic mass is 35.5. The van der Waals surface area contributed by atoms with Crippen LogP contribution in [0.4, 0.5) is 26.3 Å². The van der Waals surface area contributed by atoms with E-state index >= 15 is 0 Å². The zero-order valence-corrected chi connectivity index (χ0v) is 10.7. The van der Waals surface area contributed by atoms with Crippen molar-refractivity contribution >= 4 is 12.4 Å². The van der Waals surface area contributed by atoms with Crippen LogP contribution in [0.15, 0.2) is 18.2 Å². The largest absolute Gasteiger partial charge is 0.416 e. The zero-order valence-electron chi connectivity index (χ0n) is 9.92. The van der Waals surface area contributed by atoms with E-state index in [-0.39, 0.29) is 24.9 Å². The molecule has 1 rings (SSSR count). The normalized spacial score (nSPS) is 13.8. The number of rotatable bonds is 3. The maximum absolute atomic E-state index is 12.7. The maximum Gasteiger partial charge on any atom is 0.416 e. The average Bonchev–Trinajstić information content (AvgIpc) is 2.26. The van der Waals surface area contributed by atoms with Gasteiger partial charge >= 0.3 is 12.4 Å². The fourth-order valence-electron chi connectivity index (χ4n) is 1.60. The number of aliphatic hydroxyl groups is 1. The van der Waals surface area contributed by atoms with Gasteiger partial charge in [0, 0.05) is 12.6 Å². The lowest BCUT2D eigenvalue weighted by Crippen LogP contribution is -2.20. The molecule has 3 N–H and O–H groups in total. The predicted octanol–water partition coefficient (Wildman–Crippen LogP) is 3.53. The molecule has 1 atom stereocenters. The second-order valence-corrected chi connectivity index (χ2v) is 3.92. The molecule has 0 amide bonds. The summed E-state index contributed by atoms with van der Waals surface area (Å²) in [6, 6.07) is 0.101. The van der Waals surface area contributed by atoms with E-state index < -0.39 is 41.7 Å². The number of hydrogen-bond acceptors (Lipinski definition) is 2. The van der Waals surface area contributed by atoms with E-state index in [1.54, 1.807) is 0 Å². The van der Waals surface area contributed by atoms with Crippen molar-refractivity contribution < 1.29 is 31.4 Å². The van der Waals surface area contributed by atoms with Gasteiger partial charge in [-0.2, -0.15) is 26.3 Å². The van der Waals surface area contributed by atoms with E-state index in [1.807, 2.05) is 0 Å². The number of aliphatic hydroxyl groups excluding tert-OH is 1. The van der Waals surface area contributed by atoms with E-state index in [1.165, 1.54) is 0 Å². The van der Waals surface area contributed by atoms with Crippen LogP contribution in [0.3, 0.4) is 0 Å². The van der Waals surface area contributed by atoms with E-state index in [2.05, 4.69) is 0 Å². The van der Waals surface area contributed by atoms with Gasteiger partial charge in [-0.1, -0.05) is 6.07 Å². The fraction of sp³-hybridized carbons (Fsp3) is 0.455. The van der Waals surface area contributed by atoms with Gasteiger partial charge in [0.1, 0.15) is 0 Å². The molecule has 2 nitrogen and oxygen atoms in total. The van der Waals surface area contributed by atoms with Gasteiger partial charge < -0.3 is 10.8 Å². The highest BCUT2D eigenvalue weighted by Gasteiger charge is 2.38. The van der Waals surface area contributed by atoms with Crippen LogP contribution in [0.25, 0.3) is 0 Å². The lowest BCUT2D eigenvalue weighted by atomic mass is 9.96. The minimum Gasteiger partial charge on any atom is -0.396 e. The Labute approximate surface area is 117 Å². The van der Waals surface area contributed by atoms with Crippen LogP contribution in [-0.2, 0) is 12.4 Å². The van der Waals surface area contributed by atoms with Crippen LogP contribution >= 0.6 is 12.4 Å². The summed E-state index contributed by atoms with van der Waals surface area (Å²) in [5.41, 5.74) is 2.14. The van der Waals surface area contributed by atoms with Crippen molar-refractivity contribution in [3.05, 3.63) is 34.9 Å². The molecule has 9 heteroatoms. The highest BCUT2D eigenvalue weighted by molar-refractivity contribution is 5.85. The van der Waals surface area contributed by atoms with Crippen molar-refractivity contribution in [3.63, 3.8) is 0 Å². The molecular formula is C11H12ClF6NO. The Morgan fingerprint density at radius 3 is 2.00 bits per heavy atom. The first kappa shape index (κ1) is 19.0. The first-order valence-corrected chi connectivity index (χ1v) is 5.22. The molecule has 0 spiro atoms. The van der Waals surface area contributed by atoms with Crippen molar-refractivity contribution in [2.45, 2.75) is 24.8 Å². The summed E-state index contributed by atoms with van der Waals surface area (Å²) >= 11 is 0. The summed E-state index contributed by atoms with van der Waals surface area (Å²) in [6.45, 7) is -0.459. The maximum atomic E-state index is 12.7. The second-order valence-electron chi connectivity index (χ2n) is 3.92. The SMILES string of the molecule is Cl.N[C@@H](CCO)c1ccc(C(F)(F)F)cc1C(F)(F)F. The summed E-state index contributed by atoms with van der Waals surface area (Å²) in [4.78, 5) is 0. The minimum absolute atomic E-state index is 0. The van der Waals surface area contributed by atoms with Crippen LogP contribution < -0.4 is 5.73 Å². The molecule has 0 unspecified atom stereocenters. The van der Waals surface area contributed by atoms with Crippen LogP contribution in [0.1, 0.15) is 29.2 Å². The first-order valence-electron chi connectivity index (χ1n) is 5.22. The Hall–Kier alpha value is -0.990. The fourth-order valence-corrected chi connectivity index (χ4v) is 1.60. The molecule has 0 aliphatic rings. The quantitative estimate of drug-likeness (QED) is 0.836. The molecular weight excluding hydrogens is 312 g/mol. The number of halogens is 7. The summed E-state index contributed by atoms with van der Waals surface area (Å²) in [5.74, 6) is 0. The molecule has 0 bridgehead atoms. The van der Waals surface area contributed by atoms with E-state index in [4.69, 9.17) is 10.8 Å². The van der Waals surface area contributed by atoms with Crippen molar-refractivity contribution in [1.29, 1.82) is 0 Å². The molecule has 0 radical (unpaired) electrons. The number of alkyl halides is 6. The number of hydrogen-bond donors (Lipinski definition) is 2. The van der Waals surface area contributed by atoms with Crippen molar-refractivity contribution in [1.82, 2.24) is 0 Å². The molecule has 0 aliphatic carbocycles. The number of benzene rings is 1. The third-order valence-electron chi connectivity index (χ3n) is 2.53. The van der Waals surface area contributed by atoms with Gasteiger partial charge in [0.2, 0.25) is 0 Å². The third-order valence-corrected chi connectivity index (χ3v) is 2.53. The number of nitrogens with two attached hydrogens (primary N) is 1. The monoisotopic (exact) mass is 323 g/mol. The van der Waals surface area contributed by atoms with E-state index in [0.29, 0.717) is 12.1 Å². The Bertz CT molecular complexity index is 446. The molecule has 1 aromatic rings. The molecule has 1 aromatic carbocycles. The molecule has 20 heavy (non-hydrogen) atoms. The lowest BCUT2D eigenvalue weighted by Gasteiger charge is -2.19. The molecule has 0 heterocycles. The van der Waals surface area contributed by atoms with Gasteiger partial charge in [-0.25, -0.2) is 0 Å². The third kappa shape index (κ3) is 4.53. The highest BCUT2D eigenvalue weighted by Crippen LogP contribution is 2.39. The van der Waals surface area contributed by atoms with Crippen molar-refractivity contribution in [3.8, 4) is 0 Å². The average molecular weight is 324 g/mol. The van der Waals surface area contributed by atoms with Crippen LogP contribution in [-0.4, -0.2) is 11.7 Å². The summed E-state index contributed by atoms with van der Waals surface area (Å²) in [5, 5.41) is 8.63. The Balaban J connectivity index is 0.00000361. The lowest BCUT2D eigenvalue weighted by molar-refractivity contribution is -0.143. The molecule has 0 saturated heterocycles. The molecule has 116 valence electrons. The van der Waals surface area contributed by atoms with Gasteiger partial charge in [0.05, 0.1) is 11.1 Å². The zero-order chi connectivity index (χ0) is 14.8. The Morgan fingerprint density at radius 1 is 1.05 bits per heavy atom. The van der Waals surface area contributed by atoms with E-state index in [0.717, 1.165) is 0 Å². The minimum atomic E-state index is -4.94.